The number of carbonyl (C=O) groups is 1. The lowest BCUT2D eigenvalue weighted by Gasteiger charge is -2.17. The second kappa shape index (κ2) is 7.44. The molecule has 1 fully saturated rings. The zero-order chi connectivity index (χ0) is 14.8. The third-order valence-electron chi connectivity index (χ3n) is 4.83. The zero-order valence-electron chi connectivity index (χ0n) is 12.8. The molecule has 1 saturated carbocycles. The van der Waals surface area contributed by atoms with Crippen molar-refractivity contribution in [3.63, 3.8) is 0 Å². The summed E-state index contributed by atoms with van der Waals surface area (Å²) in [4.78, 5) is 12.1. The SMILES string of the molecule is Cl.N[C@@H]1C[C@H](C(=O)NCc2ccc3c(c2)CCCC3)C[C@H]1O. The fraction of sp³-hybridized carbons (Fsp3) is 0.588. The summed E-state index contributed by atoms with van der Waals surface area (Å²) in [5.41, 5.74) is 9.81. The van der Waals surface area contributed by atoms with E-state index in [0.29, 0.717) is 19.4 Å². The van der Waals surface area contributed by atoms with Gasteiger partial charge in [-0.15, -0.1) is 12.4 Å². The fourth-order valence-corrected chi connectivity index (χ4v) is 3.49. The molecule has 0 spiro atoms. The Kier molecular flexibility index (Phi) is 5.84. The maximum atomic E-state index is 12.1. The average Bonchev–Trinajstić information content (AvgIpc) is 2.84. The molecule has 2 aliphatic rings. The van der Waals surface area contributed by atoms with E-state index < -0.39 is 6.10 Å². The molecular formula is C17H25ClN2O2. The predicted octanol–water partition coefficient (Wildman–Crippen LogP) is 1.70. The van der Waals surface area contributed by atoms with Gasteiger partial charge in [0.05, 0.1) is 6.10 Å². The number of hydrogen-bond donors (Lipinski definition) is 3. The first-order valence-corrected chi connectivity index (χ1v) is 7.95. The van der Waals surface area contributed by atoms with Crippen LogP contribution in [0.15, 0.2) is 18.2 Å². The van der Waals surface area contributed by atoms with Gasteiger partial charge in [-0.1, -0.05) is 18.2 Å². The van der Waals surface area contributed by atoms with E-state index in [0.717, 1.165) is 12.0 Å². The number of nitrogens with two attached hydrogens (primary N) is 1. The lowest BCUT2D eigenvalue weighted by Crippen LogP contribution is -2.30. The molecule has 3 atom stereocenters. The number of fused-ring (bicyclic) bond motifs is 1. The van der Waals surface area contributed by atoms with Crippen molar-refractivity contribution in [2.24, 2.45) is 11.7 Å². The van der Waals surface area contributed by atoms with Crippen LogP contribution in [0.2, 0.25) is 0 Å². The normalized spacial score (nSPS) is 26.9. The number of benzene rings is 1. The van der Waals surface area contributed by atoms with Gasteiger partial charge in [-0.25, -0.2) is 0 Å². The summed E-state index contributed by atoms with van der Waals surface area (Å²) < 4.78 is 0. The molecule has 4 N–H and O–H groups in total. The van der Waals surface area contributed by atoms with Crippen LogP contribution in [-0.4, -0.2) is 23.2 Å². The molecule has 5 heteroatoms. The lowest BCUT2D eigenvalue weighted by molar-refractivity contribution is -0.125. The molecule has 122 valence electrons. The van der Waals surface area contributed by atoms with E-state index >= 15 is 0 Å². The third kappa shape index (κ3) is 3.80. The Morgan fingerprint density at radius 1 is 1.23 bits per heavy atom. The van der Waals surface area contributed by atoms with E-state index in [9.17, 15) is 9.90 Å². The molecule has 1 aromatic rings. The molecule has 4 nitrogen and oxygen atoms in total. The zero-order valence-corrected chi connectivity index (χ0v) is 13.6. The summed E-state index contributed by atoms with van der Waals surface area (Å²) in [6, 6.07) is 6.28. The molecule has 0 heterocycles. The van der Waals surface area contributed by atoms with Crippen LogP contribution in [0.5, 0.6) is 0 Å². The molecule has 1 amide bonds. The first kappa shape index (κ1) is 17.3. The van der Waals surface area contributed by atoms with E-state index in [4.69, 9.17) is 5.73 Å². The van der Waals surface area contributed by atoms with Crippen LogP contribution in [0.4, 0.5) is 0 Å². The molecule has 0 unspecified atom stereocenters. The highest BCUT2D eigenvalue weighted by Crippen LogP contribution is 2.25. The van der Waals surface area contributed by atoms with Gasteiger partial charge in [-0.05, 0) is 55.2 Å². The largest absolute Gasteiger partial charge is 0.391 e. The van der Waals surface area contributed by atoms with E-state index in [1.54, 1.807) is 0 Å². The van der Waals surface area contributed by atoms with Gasteiger partial charge in [0.1, 0.15) is 0 Å². The van der Waals surface area contributed by atoms with E-state index in [2.05, 4.69) is 23.5 Å². The van der Waals surface area contributed by atoms with Gasteiger partial charge < -0.3 is 16.2 Å². The van der Waals surface area contributed by atoms with Crippen molar-refractivity contribution in [3.05, 3.63) is 34.9 Å². The van der Waals surface area contributed by atoms with Crippen molar-refractivity contribution in [1.82, 2.24) is 5.32 Å². The predicted molar refractivity (Wildman–Crippen MR) is 88.9 cm³/mol. The number of hydrogen-bond acceptors (Lipinski definition) is 3. The van der Waals surface area contributed by atoms with Gasteiger partial charge in [-0.2, -0.15) is 0 Å². The first-order chi connectivity index (χ1) is 10.1. The van der Waals surface area contributed by atoms with Crippen LogP contribution in [0.25, 0.3) is 0 Å². The van der Waals surface area contributed by atoms with Crippen molar-refractivity contribution in [2.45, 2.75) is 57.2 Å². The Labute approximate surface area is 137 Å². The average molecular weight is 325 g/mol. The quantitative estimate of drug-likeness (QED) is 0.792. The highest BCUT2D eigenvalue weighted by Gasteiger charge is 2.34. The van der Waals surface area contributed by atoms with Crippen molar-refractivity contribution >= 4 is 18.3 Å². The van der Waals surface area contributed by atoms with Gasteiger partial charge in [0.15, 0.2) is 0 Å². The van der Waals surface area contributed by atoms with E-state index in [-0.39, 0.29) is 30.3 Å². The number of nitrogens with one attached hydrogen (secondary N) is 1. The molecule has 0 aliphatic heterocycles. The van der Waals surface area contributed by atoms with Gasteiger partial charge >= 0.3 is 0 Å². The standard InChI is InChI=1S/C17H24N2O2.ClH/c18-15-8-14(9-16(15)20)17(21)19-10-11-5-6-12-3-1-2-4-13(12)7-11;/h5-7,14-16,20H,1-4,8-10,18H2,(H,19,21);1H/t14-,15+,16+;/m0./s1. The van der Waals surface area contributed by atoms with E-state index in [1.807, 2.05) is 0 Å². The van der Waals surface area contributed by atoms with Crippen LogP contribution < -0.4 is 11.1 Å². The van der Waals surface area contributed by atoms with Crippen LogP contribution in [0.3, 0.4) is 0 Å². The molecule has 0 aromatic heterocycles. The van der Waals surface area contributed by atoms with Crippen molar-refractivity contribution < 1.29 is 9.90 Å². The number of aryl methyl sites for hydroxylation is 2. The van der Waals surface area contributed by atoms with Crippen molar-refractivity contribution in [3.8, 4) is 0 Å². The fourth-order valence-electron chi connectivity index (χ4n) is 3.49. The molecule has 0 bridgehead atoms. The van der Waals surface area contributed by atoms with Gasteiger partial charge in [0.25, 0.3) is 0 Å². The Morgan fingerprint density at radius 2 is 1.95 bits per heavy atom. The summed E-state index contributed by atoms with van der Waals surface area (Å²) >= 11 is 0. The number of rotatable bonds is 3. The summed E-state index contributed by atoms with van der Waals surface area (Å²) in [5.74, 6) is -0.132. The number of aliphatic hydroxyl groups excluding tert-OH is 1. The minimum Gasteiger partial charge on any atom is -0.391 e. The second-order valence-electron chi connectivity index (χ2n) is 6.43. The van der Waals surface area contributed by atoms with Crippen LogP contribution in [0, 0.1) is 5.92 Å². The Hall–Kier alpha value is -1.10. The van der Waals surface area contributed by atoms with Gasteiger partial charge in [0.2, 0.25) is 5.91 Å². The Morgan fingerprint density at radius 3 is 2.64 bits per heavy atom. The second-order valence-corrected chi connectivity index (χ2v) is 6.43. The minimum atomic E-state index is -0.538. The van der Waals surface area contributed by atoms with Crippen molar-refractivity contribution in [1.29, 1.82) is 0 Å². The summed E-state index contributed by atoms with van der Waals surface area (Å²) in [7, 11) is 0. The molecule has 2 aliphatic carbocycles. The number of aliphatic hydroxyl groups is 1. The molecule has 0 radical (unpaired) electrons. The highest BCUT2D eigenvalue weighted by molar-refractivity contribution is 5.85. The molecule has 3 rings (SSSR count). The number of carbonyl (C=O) groups excluding carboxylic acids is 1. The summed E-state index contributed by atoms with van der Waals surface area (Å²) in [6.07, 6.45) is 5.41. The topological polar surface area (TPSA) is 75.4 Å². The Bertz CT molecular complexity index is 525. The van der Waals surface area contributed by atoms with Gasteiger partial charge in [-0.3, -0.25) is 4.79 Å². The summed E-state index contributed by atoms with van der Waals surface area (Å²) in [5, 5.41) is 12.6. The Balaban J connectivity index is 0.00000176. The molecule has 22 heavy (non-hydrogen) atoms. The maximum Gasteiger partial charge on any atom is 0.223 e. The maximum absolute atomic E-state index is 12.1. The molecule has 0 saturated heterocycles. The molecule has 1 aromatic carbocycles. The van der Waals surface area contributed by atoms with Crippen molar-refractivity contribution in [2.75, 3.05) is 0 Å². The minimum absolute atomic E-state index is 0. The lowest BCUT2D eigenvalue weighted by atomic mass is 9.90. The summed E-state index contributed by atoms with van der Waals surface area (Å²) in [6.45, 7) is 0.563. The van der Waals surface area contributed by atoms with Crippen LogP contribution in [0.1, 0.15) is 42.4 Å². The highest BCUT2D eigenvalue weighted by atomic mass is 35.5. The number of halogens is 1. The smallest absolute Gasteiger partial charge is 0.223 e. The monoisotopic (exact) mass is 324 g/mol. The van der Waals surface area contributed by atoms with E-state index in [1.165, 1.54) is 30.4 Å². The number of amides is 1. The van der Waals surface area contributed by atoms with Gasteiger partial charge in [0, 0.05) is 18.5 Å². The van der Waals surface area contributed by atoms with Crippen LogP contribution in [-0.2, 0) is 24.2 Å². The third-order valence-corrected chi connectivity index (χ3v) is 4.83. The first-order valence-electron chi connectivity index (χ1n) is 7.95. The van der Waals surface area contributed by atoms with Crippen LogP contribution >= 0.6 is 12.4 Å². The molecular weight excluding hydrogens is 300 g/mol.